The normalized spacial score (nSPS) is 21.1. The monoisotopic (exact) mass is 646 g/mol. The van der Waals surface area contributed by atoms with Crippen LogP contribution < -0.4 is 15.4 Å². The largest absolute Gasteiger partial charge is 0.490 e. The zero-order valence-corrected chi connectivity index (χ0v) is 28.4. The number of anilines is 1. The van der Waals surface area contributed by atoms with Crippen LogP contribution in [0.4, 0.5) is 10.5 Å². The maximum absolute atomic E-state index is 14.2. The number of aliphatic hydroxyl groups is 1. The number of fused-ring (bicyclic) bond motifs is 1. The summed E-state index contributed by atoms with van der Waals surface area (Å²) in [7, 11) is -2.24. The second-order valence-electron chi connectivity index (χ2n) is 12.4. The predicted molar refractivity (Wildman–Crippen MR) is 175 cm³/mol. The van der Waals surface area contributed by atoms with Crippen LogP contribution in [0.15, 0.2) is 47.4 Å². The number of hydrogen-bond acceptors (Lipinski definition) is 7. The summed E-state index contributed by atoms with van der Waals surface area (Å²) in [6.07, 6.45) is 1.55. The summed E-state index contributed by atoms with van der Waals surface area (Å²) in [5, 5.41) is 15.7. The van der Waals surface area contributed by atoms with Crippen molar-refractivity contribution >= 4 is 27.6 Å². The highest BCUT2D eigenvalue weighted by Gasteiger charge is 2.32. The Morgan fingerprint density at radius 1 is 1.11 bits per heavy atom. The second-order valence-corrected chi connectivity index (χ2v) is 14.4. The number of rotatable bonds is 8. The van der Waals surface area contributed by atoms with E-state index in [0.29, 0.717) is 24.5 Å². The number of aryl methyl sites for hydroxylation is 1. The molecule has 1 aliphatic heterocycles. The first kappa shape index (κ1) is 36.3. The quantitative estimate of drug-likeness (QED) is 0.380. The Morgan fingerprint density at radius 3 is 2.44 bits per heavy atom. The minimum atomic E-state index is -3.78. The van der Waals surface area contributed by atoms with Crippen molar-refractivity contribution in [3.05, 3.63) is 53.6 Å². The molecule has 45 heavy (non-hydrogen) atoms. The molecule has 3 N–H and O–H groups in total. The van der Waals surface area contributed by atoms with Gasteiger partial charge in [-0.15, -0.1) is 0 Å². The number of urea groups is 1. The van der Waals surface area contributed by atoms with Gasteiger partial charge in [-0.2, -0.15) is 4.31 Å². The van der Waals surface area contributed by atoms with E-state index in [0.717, 1.165) is 18.4 Å². The molecule has 1 heterocycles. The van der Waals surface area contributed by atoms with Gasteiger partial charge in [-0.25, -0.2) is 13.2 Å². The summed E-state index contributed by atoms with van der Waals surface area (Å²) >= 11 is 0. The number of likely N-dealkylation sites (N-methyl/N-ethyl adjacent to an activating group) is 1. The summed E-state index contributed by atoms with van der Waals surface area (Å²) < 4.78 is 40.7. The number of carbonyl (C=O) groups is 2. The lowest BCUT2D eigenvalue weighted by molar-refractivity contribution is -0.00833. The second kappa shape index (κ2) is 16.4. The van der Waals surface area contributed by atoms with Crippen molar-refractivity contribution in [3.63, 3.8) is 0 Å². The summed E-state index contributed by atoms with van der Waals surface area (Å²) in [6.45, 7) is 11.6. The lowest BCUT2D eigenvalue weighted by Gasteiger charge is -2.35. The molecule has 2 aromatic rings. The molecular weight excluding hydrogens is 596 g/mol. The van der Waals surface area contributed by atoms with E-state index in [2.05, 4.69) is 10.6 Å². The summed E-state index contributed by atoms with van der Waals surface area (Å²) in [6, 6.07) is 10.7. The highest BCUT2D eigenvalue weighted by atomic mass is 32.2. The van der Waals surface area contributed by atoms with Crippen molar-refractivity contribution < 1.29 is 32.6 Å². The topological polar surface area (TPSA) is 138 Å². The molecule has 250 valence electrons. The number of sulfonamides is 1. The molecule has 0 aliphatic carbocycles. The summed E-state index contributed by atoms with van der Waals surface area (Å²) in [5.74, 6) is -0.295. The number of nitrogens with zero attached hydrogens (tertiary/aromatic N) is 2. The van der Waals surface area contributed by atoms with Gasteiger partial charge in [-0.05, 0) is 84.2 Å². The molecular formula is C33H50N4O7S. The van der Waals surface area contributed by atoms with Crippen LogP contribution in [0.2, 0.25) is 0 Å². The molecule has 0 saturated heterocycles. The minimum Gasteiger partial charge on any atom is -0.490 e. The van der Waals surface area contributed by atoms with Crippen molar-refractivity contribution in [2.45, 2.75) is 90.0 Å². The van der Waals surface area contributed by atoms with E-state index in [-0.39, 0.29) is 54.1 Å². The fourth-order valence-electron chi connectivity index (χ4n) is 5.13. The van der Waals surface area contributed by atoms with Crippen LogP contribution in [0.5, 0.6) is 5.75 Å². The molecule has 0 saturated carbocycles. The standard InChI is InChI=1S/C33H50N4O7S/c1-22(2)34-33(40)35-27-13-16-30-29(18-27)32(39)37(25(5)21-38)19-24(4)31(43-17-9-8-10-26(6)44-30)20-36(7)45(41,42)28-14-11-23(3)12-15-28/h11-16,18,22,24-26,31,38H,8-10,17,19-21H2,1-7H3,(H2,34,35,40)/t24-,25-,26+,31-/m0/s1. The molecule has 12 heteroatoms. The van der Waals surface area contributed by atoms with Crippen LogP contribution in [0.3, 0.4) is 0 Å². The molecule has 3 amide bonds. The van der Waals surface area contributed by atoms with Gasteiger partial charge in [0.05, 0.1) is 35.3 Å². The fourth-order valence-corrected chi connectivity index (χ4v) is 6.32. The minimum absolute atomic E-state index is 0.0726. The zero-order valence-electron chi connectivity index (χ0n) is 27.6. The van der Waals surface area contributed by atoms with Gasteiger partial charge in [-0.3, -0.25) is 4.79 Å². The van der Waals surface area contributed by atoms with E-state index in [1.807, 2.05) is 34.6 Å². The Morgan fingerprint density at radius 2 is 1.80 bits per heavy atom. The van der Waals surface area contributed by atoms with Gasteiger partial charge in [0.15, 0.2) is 0 Å². The third-order valence-electron chi connectivity index (χ3n) is 7.90. The van der Waals surface area contributed by atoms with E-state index < -0.39 is 28.2 Å². The van der Waals surface area contributed by atoms with Gasteiger partial charge in [0, 0.05) is 44.4 Å². The average Bonchev–Trinajstić information content (AvgIpc) is 2.98. The van der Waals surface area contributed by atoms with Crippen molar-refractivity contribution in [3.8, 4) is 5.75 Å². The number of hydrogen-bond donors (Lipinski definition) is 3. The Labute approximate surface area is 268 Å². The molecule has 4 atom stereocenters. The first-order valence-corrected chi connectivity index (χ1v) is 17.1. The summed E-state index contributed by atoms with van der Waals surface area (Å²) in [4.78, 5) is 28.4. The van der Waals surface area contributed by atoms with E-state index in [9.17, 15) is 23.1 Å². The van der Waals surface area contributed by atoms with Crippen LogP contribution >= 0.6 is 0 Å². The molecule has 0 fully saturated rings. The summed E-state index contributed by atoms with van der Waals surface area (Å²) in [5.41, 5.74) is 1.64. The van der Waals surface area contributed by atoms with Crippen LogP contribution in [0.1, 0.15) is 69.8 Å². The van der Waals surface area contributed by atoms with Crippen molar-refractivity contribution in [1.82, 2.24) is 14.5 Å². The van der Waals surface area contributed by atoms with Gasteiger partial charge in [0.2, 0.25) is 10.0 Å². The molecule has 0 unspecified atom stereocenters. The maximum atomic E-state index is 14.2. The van der Waals surface area contributed by atoms with Gasteiger partial charge in [0.1, 0.15) is 5.75 Å². The molecule has 0 spiro atoms. The van der Waals surface area contributed by atoms with Crippen LogP contribution in [-0.2, 0) is 14.8 Å². The number of carbonyl (C=O) groups excluding carboxylic acids is 2. The van der Waals surface area contributed by atoms with E-state index in [1.54, 1.807) is 54.3 Å². The number of aliphatic hydroxyl groups excluding tert-OH is 1. The Hall–Kier alpha value is -3.19. The molecule has 0 aromatic heterocycles. The lowest BCUT2D eigenvalue weighted by Crippen LogP contribution is -2.48. The van der Waals surface area contributed by atoms with E-state index in [1.165, 1.54) is 11.4 Å². The van der Waals surface area contributed by atoms with Crippen LogP contribution in [-0.4, -0.2) is 92.3 Å². The Bertz CT molecular complexity index is 1380. The van der Waals surface area contributed by atoms with Gasteiger partial charge in [-0.1, -0.05) is 24.6 Å². The molecule has 0 radical (unpaired) electrons. The van der Waals surface area contributed by atoms with Gasteiger partial charge >= 0.3 is 6.03 Å². The van der Waals surface area contributed by atoms with Gasteiger partial charge in [0.25, 0.3) is 5.91 Å². The molecule has 3 rings (SSSR count). The van der Waals surface area contributed by atoms with Crippen LogP contribution in [0.25, 0.3) is 0 Å². The molecule has 2 aromatic carbocycles. The number of ether oxygens (including phenoxy) is 2. The maximum Gasteiger partial charge on any atom is 0.319 e. The average molecular weight is 647 g/mol. The number of nitrogens with one attached hydrogen (secondary N) is 2. The van der Waals surface area contributed by atoms with Crippen molar-refractivity contribution in [1.29, 1.82) is 0 Å². The first-order valence-electron chi connectivity index (χ1n) is 15.7. The fraction of sp³-hybridized carbons (Fsp3) is 0.576. The predicted octanol–water partition coefficient (Wildman–Crippen LogP) is 4.64. The number of benzene rings is 2. The third kappa shape index (κ3) is 10.2. The van der Waals surface area contributed by atoms with E-state index >= 15 is 0 Å². The zero-order chi connectivity index (χ0) is 33.3. The third-order valence-corrected chi connectivity index (χ3v) is 9.73. The van der Waals surface area contributed by atoms with Gasteiger partial charge < -0.3 is 30.1 Å². The van der Waals surface area contributed by atoms with E-state index in [4.69, 9.17) is 9.47 Å². The molecule has 0 bridgehead atoms. The first-order chi connectivity index (χ1) is 21.2. The van der Waals surface area contributed by atoms with Crippen molar-refractivity contribution in [2.75, 3.05) is 38.7 Å². The Balaban J connectivity index is 1.96. The molecule has 1 aliphatic rings. The van der Waals surface area contributed by atoms with Crippen molar-refractivity contribution in [2.24, 2.45) is 5.92 Å². The highest BCUT2D eigenvalue weighted by molar-refractivity contribution is 7.89. The lowest BCUT2D eigenvalue weighted by atomic mass is 10.0. The smallest absolute Gasteiger partial charge is 0.319 e. The number of amides is 3. The highest BCUT2D eigenvalue weighted by Crippen LogP contribution is 2.29. The van der Waals surface area contributed by atoms with Crippen LogP contribution in [0, 0.1) is 12.8 Å². The Kier molecular flexibility index (Phi) is 13.2. The molecule has 11 nitrogen and oxygen atoms in total. The SMILES string of the molecule is Cc1ccc(S(=O)(=O)N(C)C[C@@H]2OCCCC[C@@H](C)Oc3ccc(NC(=O)NC(C)C)cc3C(=O)N([C@@H](C)CO)C[C@@H]2C)cc1.